The first-order valence-electron chi connectivity index (χ1n) is 8.80. The zero-order chi connectivity index (χ0) is 19.8. The van der Waals surface area contributed by atoms with Gasteiger partial charge in [-0.1, -0.05) is 19.9 Å². The highest BCUT2D eigenvalue weighted by atomic mass is 32.2. The van der Waals surface area contributed by atoms with E-state index in [1.165, 1.54) is 11.8 Å². The summed E-state index contributed by atoms with van der Waals surface area (Å²) >= 11 is 1.44. The number of hydrogen-bond acceptors (Lipinski definition) is 6. The number of carbonyl (C=O) groups excluding carboxylic acids is 1. The van der Waals surface area contributed by atoms with Crippen LogP contribution in [-0.4, -0.2) is 28.7 Å². The van der Waals surface area contributed by atoms with Gasteiger partial charge in [0.25, 0.3) is 5.91 Å². The normalized spacial score (nSPS) is 10.5. The minimum absolute atomic E-state index is 0.196. The Morgan fingerprint density at radius 1 is 1.37 bits per heavy atom. The van der Waals surface area contributed by atoms with Crippen molar-refractivity contribution < 1.29 is 9.53 Å². The van der Waals surface area contributed by atoms with Crippen molar-refractivity contribution in [2.45, 2.75) is 44.6 Å². The molecule has 0 aliphatic rings. The highest BCUT2D eigenvalue weighted by molar-refractivity contribution is 7.98. The number of rotatable bonds is 8. The first kappa shape index (κ1) is 20.7. The third kappa shape index (κ3) is 5.69. The molecule has 0 atom stereocenters. The summed E-state index contributed by atoms with van der Waals surface area (Å²) in [5, 5.41) is 12.1. The van der Waals surface area contributed by atoms with E-state index >= 15 is 0 Å². The van der Waals surface area contributed by atoms with Crippen molar-refractivity contribution in [2.75, 3.05) is 18.2 Å². The fourth-order valence-corrected chi connectivity index (χ4v) is 3.06. The lowest BCUT2D eigenvalue weighted by Crippen LogP contribution is -2.18. The SMILES string of the molecule is CSc1nc(C(C)C)nc(C)c1C(=O)Nc1cccc(OCCCC#N)c1. The van der Waals surface area contributed by atoms with Crippen LogP contribution in [0.5, 0.6) is 5.75 Å². The number of carbonyl (C=O) groups is 1. The predicted octanol–water partition coefficient (Wildman–Crippen LogP) is 4.57. The molecule has 0 fully saturated rings. The molecule has 2 rings (SSSR count). The Morgan fingerprint density at radius 3 is 2.81 bits per heavy atom. The summed E-state index contributed by atoms with van der Waals surface area (Å²) in [7, 11) is 0. The topological polar surface area (TPSA) is 87.9 Å². The van der Waals surface area contributed by atoms with Crippen molar-refractivity contribution in [2.24, 2.45) is 0 Å². The molecule has 1 amide bonds. The van der Waals surface area contributed by atoms with E-state index in [1.54, 1.807) is 12.1 Å². The lowest BCUT2D eigenvalue weighted by molar-refractivity contribution is 0.102. The van der Waals surface area contributed by atoms with Crippen molar-refractivity contribution in [1.29, 1.82) is 5.26 Å². The number of aromatic nitrogens is 2. The van der Waals surface area contributed by atoms with Crippen molar-refractivity contribution >= 4 is 23.4 Å². The number of ether oxygens (including phenoxy) is 1. The fourth-order valence-electron chi connectivity index (χ4n) is 2.43. The summed E-state index contributed by atoms with van der Waals surface area (Å²) in [6, 6.07) is 9.29. The number of aryl methyl sites for hydroxylation is 1. The average Bonchev–Trinajstić information content (AvgIpc) is 2.64. The lowest BCUT2D eigenvalue weighted by Gasteiger charge is -2.14. The van der Waals surface area contributed by atoms with Crippen LogP contribution in [0.3, 0.4) is 0 Å². The molecule has 142 valence electrons. The predicted molar refractivity (Wildman–Crippen MR) is 107 cm³/mol. The van der Waals surface area contributed by atoms with Crippen LogP contribution in [0.1, 0.15) is 54.5 Å². The minimum Gasteiger partial charge on any atom is -0.493 e. The molecule has 1 N–H and O–H groups in total. The quantitative estimate of drug-likeness (QED) is 0.408. The second-order valence-electron chi connectivity index (χ2n) is 6.30. The monoisotopic (exact) mass is 384 g/mol. The Hall–Kier alpha value is -2.59. The minimum atomic E-state index is -0.242. The van der Waals surface area contributed by atoms with Gasteiger partial charge in [0, 0.05) is 24.1 Å². The van der Waals surface area contributed by atoms with Crippen LogP contribution < -0.4 is 10.1 Å². The number of anilines is 1. The summed E-state index contributed by atoms with van der Waals surface area (Å²) in [5.74, 6) is 1.34. The van der Waals surface area contributed by atoms with E-state index in [2.05, 4.69) is 21.4 Å². The first-order valence-corrected chi connectivity index (χ1v) is 10.0. The third-order valence-corrected chi connectivity index (χ3v) is 4.49. The van der Waals surface area contributed by atoms with Crippen LogP contribution in [0, 0.1) is 18.3 Å². The van der Waals surface area contributed by atoms with Crippen molar-refractivity contribution in [3.63, 3.8) is 0 Å². The molecule has 0 saturated heterocycles. The van der Waals surface area contributed by atoms with E-state index in [1.807, 2.05) is 39.2 Å². The van der Waals surface area contributed by atoms with Gasteiger partial charge in [0.2, 0.25) is 0 Å². The molecule has 7 heteroatoms. The van der Waals surface area contributed by atoms with Crippen LogP contribution >= 0.6 is 11.8 Å². The largest absolute Gasteiger partial charge is 0.493 e. The molecule has 27 heavy (non-hydrogen) atoms. The maximum absolute atomic E-state index is 12.8. The van der Waals surface area contributed by atoms with Gasteiger partial charge in [-0.3, -0.25) is 4.79 Å². The smallest absolute Gasteiger partial charge is 0.260 e. The molecule has 0 spiro atoms. The van der Waals surface area contributed by atoms with Gasteiger partial charge < -0.3 is 10.1 Å². The zero-order valence-corrected chi connectivity index (χ0v) is 16.9. The molecular weight excluding hydrogens is 360 g/mol. The number of nitrogens with zero attached hydrogens (tertiary/aromatic N) is 3. The second kappa shape index (κ2) is 9.93. The van der Waals surface area contributed by atoms with Gasteiger partial charge in [-0.15, -0.1) is 11.8 Å². The molecule has 1 aromatic carbocycles. The maximum atomic E-state index is 12.8. The summed E-state index contributed by atoms with van der Waals surface area (Å²) in [6.45, 7) is 6.35. The van der Waals surface area contributed by atoms with Gasteiger partial charge in [-0.05, 0) is 31.7 Å². The van der Waals surface area contributed by atoms with Crippen molar-refractivity contribution in [1.82, 2.24) is 9.97 Å². The molecule has 0 unspecified atom stereocenters. The number of thioether (sulfide) groups is 1. The van der Waals surface area contributed by atoms with Crippen molar-refractivity contribution in [3.05, 3.63) is 41.3 Å². The summed E-state index contributed by atoms with van der Waals surface area (Å²) in [5.41, 5.74) is 1.80. The molecule has 1 aromatic heterocycles. The van der Waals surface area contributed by atoms with E-state index in [0.717, 1.165) is 5.82 Å². The fraction of sp³-hybridized carbons (Fsp3) is 0.400. The summed E-state index contributed by atoms with van der Waals surface area (Å²) < 4.78 is 5.62. The summed E-state index contributed by atoms with van der Waals surface area (Å²) in [4.78, 5) is 21.8. The Bertz CT molecular complexity index is 846. The van der Waals surface area contributed by atoms with Gasteiger partial charge in [0.05, 0.1) is 23.9 Å². The van der Waals surface area contributed by atoms with E-state index in [9.17, 15) is 4.79 Å². The number of hydrogen-bond donors (Lipinski definition) is 1. The van der Waals surface area contributed by atoms with Gasteiger partial charge >= 0.3 is 0 Å². The molecule has 6 nitrogen and oxygen atoms in total. The highest BCUT2D eigenvalue weighted by Gasteiger charge is 2.19. The van der Waals surface area contributed by atoms with E-state index in [-0.39, 0.29) is 11.8 Å². The van der Waals surface area contributed by atoms with Crippen LogP contribution in [0.25, 0.3) is 0 Å². The van der Waals surface area contributed by atoms with E-state index in [0.29, 0.717) is 47.2 Å². The number of nitrogens with one attached hydrogen (secondary N) is 1. The lowest BCUT2D eigenvalue weighted by atomic mass is 10.1. The molecule has 0 aliphatic carbocycles. The van der Waals surface area contributed by atoms with E-state index < -0.39 is 0 Å². The second-order valence-corrected chi connectivity index (χ2v) is 7.09. The van der Waals surface area contributed by atoms with Gasteiger partial charge in [0.15, 0.2) is 0 Å². The Morgan fingerprint density at radius 2 is 2.15 bits per heavy atom. The zero-order valence-electron chi connectivity index (χ0n) is 16.1. The van der Waals surface area contributed by atoms with Crippen LogP contribution in [0.4, 0.5) is 5.69 Å². The van der Waals surface area contributed by atoms with E-state index in [4.69, 9.17) is 10.00 Å². The maximum Gasteiger partial charge on any atom is 0.260 e. The molecule has 0 radical (unpaired) electrons. The van der Waals surface area contributed by atoms with Gasteiger partial charge in [0.1, 0.15) is 16.6 Å². The Labute approximate surface area is 164 Å². The van der Waals surface area contributed by atoms with Crippen LogP contribution in [0.2, 0.25) is 0 Å². The average molecular weight is 385 g/mol. The molecule has 0 bridgehead atoms. The molecule has 0 saturated carbocycles. The highest BCUT2D eigenvalue weighted by Crippen LogP contribution is 2.25. The van der Waals surface area contributed by atoms with Crippen LogP contribution in [-0.2, 0) is 0 Å². The molecule has 1 heterocycles. The molecular formula is C20H24N4O2S. The standard InChI is InChI=1S/C20H24N4O2S/c1-13(2)18-22-14(3)17(20(24-18)27-4)19(25)23-15-8-7-9-16(12-15)26-11-6-5-10-21/h7-9,12-13H,5-6,11H2,1-4H3,(H,23,25). The van der Waals surface area contributed by atoms with Crippen molar-refractivity contribution in [3.8, 4) is 11.8 Å². The van der Waals surface area contributed by atoms with Gasteiger partial charge in [-0.25, -0.2) is 9.97 Å². The summed E-state index contributed by atoms with van der Waals surface area (Å²) in [6.07, 6.45) is 3.03. The molecule has 0 aliphatic heterocycles. The number of unbranched alkanes of at least 4 members (excludes halogenated alkanes) is 1. The first-order chi connectivity index (χ1) is 13.0. The third-order valence-electron chi connectivity index (χ3n) is 3.80. The number of benzene rings is 1. The Balaban J connectivity index is 2.17. The molecule has 2 aromatic rings. The Kier molecular flexibility index (Phi) is 7.62. The number of amides is 1. The van der Waals surface area contributed by atoms with Crippen LogP contribution in [0.15, 0.2) is 29.3 Å². The number of nitriles is 1. The van der Waals surface area contributed by atoms with Gasteiger partial charge in [-0.2, -0.15) is 5.26 Å².